The summed E-state index contributed by atoms with van der Waals surface area (Å²) in [6.45, 7) is 3.24. The monoisotopic (exact) mass is 564 g/mol. The Labute approximate surface area is 240 Å². The zero-order chi connectivity index (χ0) is 29.1. The third-order valence-corrected chi connectivity index (χ3v) is 8.31. The third-order valence-electron chi connectivity index (χ3n) is 8.31. The Morgan fingerprint density at radius 2 is 0.881 bits per heavy atom. The van der Waals surface area contributed by atoms with Crippen LogP contribution in [0.1, 0.15) is 54.8 Å². The van der Waals surface area contributed by atoms with Crippen molar-refractivity contribution in [1.82, 2.24) is 9.80 Å². The smallest absolute Gasteiger partial charge is 0.261 e. The minimum atomic E-state index is -0.390. The van der Waals surface area contributed by atoms with Crippen molar-refractivity contribution in [1.29, 1.82) is 0 Å². The van der Waals surface area contributed by atoms with Gasteiger partial charge in [0, 0.05) is 39.6 Å². The standard InChI is InChI=1S/C33H28N2O7/c1-2-14-41-15-11-34-30(37)22-7-3-18-20-5-9-24-29-25(33(40)35(32(24)39)12-16-42-17-13-36)10-6-21(27(20)29)19-4-8-23(31(34)38)28(22)26(18)19/h3-10,36H,2,11-17H2,1H3. The number of carbonyl (C=O) groups is 4. The summed E-state index contributed by atoms with van der Waals surface area (Å²) in [5.41, 5.74) is 1.82. The highest BCUT2D eigenvalue weighted by atomic mass is 16.5. The number of hydrogen-bond acceptors (Lipinski definition) is 7. The summed E-state index contributed by atoms with van der Waals surface area (Å²) in [5.74, 6) is -1.46. The molecule has 212 valence electrons. The maximum absolute atomic E-state index is 13.5. The normalized spacial score (nSPS) is 15.0. The van der Waals surface area contributed by atoms with Crippen molar-refractivity contribution in [3.05, 3.63) is 70.8 Å². The number of fused-ring (bicyclic) bond motifs is 2. The molecule has 0 saturated carbocycles. The molecule has 9 heteroatoms. The van der Waals surface area contributed by atoms with Gasteiger partial charge in [-0.05, 0) is 63.0 Å². The minimum absolute atomic E-state index is 0.0829. The predicted octanol–water partition coefficient (Wildman–Crippen LogP) is 4.36. The molecule has 2 aliphatic rings. The second-order valence-corrected chi connectivity index (χ2v) is 10.6. The van der Waals surface area contributed by atoms with Gasteiger partial charge in [-0.25, -0.2) is 0 Å². The summed E-state index contributed by atoms with van der Waals surface area (Å²) in [6.07, 6.45) is 0.855. The first kappa shape index (κ1) is 26.5. The number of hydrogen-bond donors (Lipinski definition) is 1. The fraction of sp³-hybridized carbons (Fsp3) is 0.273. The third kappa shape index (κ3) is 3.67. The average molecular weight is 565 g/mol. The number of aliphatic hydroxyl groups is 1. The van der Waals surface area contributed by atoms with Crippen molar-refractivity contribution in [3.8, 4) is 0 Å². The summed E-state index contributed by atoms with van der Waals surface area (Å²) in [7, 11) is 0. The Balaban J connectivity index is 1.40. The Hall–Kier alpha value is -4.44. The van der Waals surface area contributed by atoms with E-state index in [-0.39, 0.29) is 63.1 Å². The molecule has 0 atom stereocenters. The van der Waals surface area contributed by atoms with Gasteiger partial charge in [0.2, 0.25) is 0 Å². The number of carbonyl (C=O) groups excluding carboxylic acids is 4. The summed E-state index contributed by atoms with van der Waals surface area (Å²) < 4.78 is 10.9. The predicted molar refractivity (Wildman–Crippen MR) is 157 cm³/mol. The summed E-state index contributed by atoms with van der Waals surface area (Å²) in [4.78, 5) is 56.5. The highest BCUT2D eigenvalue weighted by Crippen LogP contribution is 2.46. The first-order valence-corrected chi connectivity index (χ1v) is 14.2. The van der Waals surface area contributed by atoms with E-state index in [0.717, 1.165) is 38.7 Å². The Morgan fingerprint density at radius 3 is 1.21 bits per heavy atom. The van der Waals surface area contributed by atoms with Gasteiger partial charge in [0.15, 0.2) is 0 Å². The van der Waals surface area contributed by atoms with Crippen LogP contribution in [-0.4, -0.2) is 84.7 Å². The molecule has 2 heterocycles. The van der Waals surface area contributed by atoms with E-state index < -0.39 is 0 Å². The molecular weight excluding hydrogens is 536 g/mol. The van der Waals surface area contributed by atoms with E-state index in [4.69, 9.17) is 14.6 Å². The van der Waals surface area contributed by atoms with Gasteiger partial charge in [0.05, 0.1) is 39.5 Å². The van der Waals surface area contributed by atoms with Crippen molar-refractivity contribution in [2.45, 2.75) is 13.3 Å². The molecule has 0 radical (unpaired) electrons. The number of rotatable bonds is 10. The van der Waals surface area contributed by atoms with Crippen LogP contribution < -0.4 is 0 Å². The van der Waals surface area contributed by atoms with Gasteiger partial charge in [-0.15, -0.1) is 0 Å². The van der Waals surface area contributed by atoms with Gasteiger partial charge in [0.25, 0.3) is 23.6 Å². The average Bonchev–Trinajstić information content (AvgIpc) is 3.01. The highest BCUT2D eigenvalue weighted by molar-refractivity contribution is 6.41. The lowest BCUT2D eigenvalue weighted by Gasteiger charge is -2.30. The fourth-order valence-corrected chi connectivity index (χ4v) is 6.50. The minimum Gasteiger partial charge on any atom is -0.394 e. The van der Waals surface area contributed by atoms with Crippen molar-refractivity contribution in [2.24, 2.45) is 0 Å². The van der Waals surface area contributed by atoms with Gasteiger partial charge in [0.1, 0.15) is 0 Å². The van der Waals surface area contributed by atoms with E-state index in [1.165, 1.54) is 9.80 Å². The number of amides is 4. The second kappa shape index (κ2) is 10.1. The SMILES string of the molecule is CCCOCCN1C(=O)c2ccc3c4ccc5c6c(ccc(c7ccc(c2c37)C1=O)c64)C(=O)N(CCOCCO)C5=O. The molecule has 5 aromatic rings. The molecule has 4 amide bonds. The van der Waals surface area contributed by atoms with Crippen LogP contribution >= 0.6 is 0 Å². The maximum atomic E-state index is 13.5. The van der Waals surface area contributed by atoms with Crippen LogP contribution in [0.25, 0.3) is 43.1 Å². The Morgan fingerprint density at radius 1 is 0.524 bits per heavy atom. The first-order valence-electron chi connectivity index (χ1n) is 14.2. The lowest BCUT2D eigenvalue weighted by molar-refractivity contribution is 0.0475. The van der Waals surface area contributed by atoms with Crippen LogP contribution in [0.4, 0.5) is 0 Å². The van der Waals surface area contributed by atoms with Gasteiger partial charge in [-0.2, -0.15) is 0 Å². The molecule has 2 aliphatic heterocycles. The van der Waals surface area contributed by atoms with Gasteiger partial charge in [-0.3, -0.25) is 29.0 Å². The largest absolute Gasteiger partial charge is 0.394 e. The van der Waals surface area contributed by atoms with Crippen LogP contribution in [0.3, 0.4) is 0 Å². The van der Waals surface area contributed by atoms with Gasteiger partial charge < -0.3 is 14.6 Å². The van der Waals surface area contributed by atoms with E-state index in [1.807, 2.05) is 31.2 Å². The summed E-state index contributed by atoms with van der Waals surface area (Å²) in [6, 6.07) is 14.6. The van der Waals surface area contributed by atoms with Crippen LogP contribution in [-0.2, 0) is 9.47 Å². The fourth-order valence-electron chi connectivity index (χ4n) is 6.50. The van der Waals surface area contributed by atoms with Crippen molar-refractivity contribution in [2.75, 3.05) is 46.1 Å². The van der Waals surface area contributed by atoms with Crippen LogP contribution in [0.5, 0.6) is 0 Å². The van der Waals surface area contributed by atoms with Crippen molar-refractivity contribution >= 4 is 66.7 Å². The van der Waals surface area contributed by atoms with E-state index in [9.17, 15) is 19.2 Å². The van der Waals surface area contributed by atoms with Crippen molar-refractivity contribution in [3.63, 3.8) is 0 Å². The van der Waals surface area contributed by atoms with Gasteiger partial charge in [-0.1, -0.05) is 31.2 Å². The van der Waals surface area contributed by atoms with Gasteiger partial charge >= 0.3 is 0 Å². The lowest BCUT2D eigenvalue weighted by atomic mass is 9.82. The molecule has 0 aromatic heterocycles. The van der Waals surface area contributed by atoms with Crippen LogP contribution in [0, 0.1) is 0 Å². The number of nitrogens with zero attached hydrogens (tertiary/aromatic N) is 2. The molecule has 0 fully saturated rings. The van der Waals surface area contributed by atoms with E-state index >= 15 is 0 Å². The molecular formula is C33H28N2O7. The Kier molecular flexibility index (Phi) is 6.38. The molecule has 9 nitrogen and oxygen atoms in total. The topological polar surface area (TPSA) is 113 Å². The van der Waals surface area contributed by atoms with Crippen molar-refractivity contribution < 1.29 is 33.8 Å². The number of aliphatic hydroxyl groups excluding tert-OH is 1. The molecule has 5 aromatic carbocycles. The molecule has 0 bridgehead atoms. The van der Waals surface area contributed by atoms with E-state index in [0.29, 0.717) is 39.6 Å². The second-order valence-electron chi connectivity index (χ2n) is 10.6. The van der Waals surface area contributed by atoms with Crippen LogP contribution in [0.2, 0.25) is 0 Å². The highest BCUT2D eigenvalue weighted by Gasteiger charge is 2.36. The first-order chi connectivity index (χ1) is 20.5. The lowest BCUT2D eigenvalue weighted by Crippen LogP contribution is -2.42. The quantitative estimate of drug-likeness (QED) is 0.116. The number of benzene rings is 5. The Bertz CT molecular complexity index is 1700. The molecule has 0 unspecified atom stereocenters. The van der Waals surface area contributed by atoms with Crippen LogP contribution in [0.15, 0.2) is 48.5 Å². The summed E-state index contributed by atoms with van der Waals surface area (Å²) in [5, 5.41) is 15.2. The van der Waals surface area contributed by atoms with E-state index in [1.54, 1.807) is 24.3 Å². The zero-order valence-corrected chi connectivity index (χ0v) is 23.1. The summed E-state index contributed by atoms with van der Waals surface area (Å²) >= 11 is 0. The molecule has 1 N–H and O–H groups in total. The van der Waals surface area contributed by atoms with E-state index in [2.05, 4.69) is 0 Å². The number of ether oxygens (including phenoxy) is 2. The molecule has 0 spiro atoms. The molecule has 7 rings (SSSR count). The zero-order valence-electron chi connectivity index (χ0n) is 23.1. The molecule has 42 heavy (non-hydrogen) atoms. The molecule has 0 aliphatic carbocycles. The number of imide groups is 2. The maximum Gasteiger partial charge on any atom is 0.261 e. The molecule has 0 saturated heterocycles.